The Balaban J connectivity index is 1.55. The summed E-state index contributed by atoms with van der Waals surface area (Å²) in [6.45, 7) is 3.01. The highest BCUT2D eigenvalue weighted by atomic mass is 16.3. The van der Waals surface area contributed by atoms with Crippen LogP contribution >= 0.6 is 0 Å². The number of rotatable bonds is 1. The number of aryl methyl sites for hydroxylation is 2. The van der Waals surface area contributed by atoms with Crippen LogP contribution in [0.2, 0.25) is 0 Å². The summed E-state index contributed by atoms with van der Waals surface area (Å²) in [5.74, 6) is 0.0830. The van der Waals surface area contributed by atoms with Crippen molar-refractivity contribution in [2.24, 2.45) is 7.05 Å². The van der Waals surface area contributed by atoms with Crippen LogP contribution in [0.15, 0.2) is 10.8 Å². The van der Waals surface area contributed by atoms with Gasteiger partial charge in [0.1, 0.15) is 5.76 Å². The van der Waals surface area contributed by atoms with Crippen molar-refractivity contribution in [3.05, 3.63) is 34.8 Å². The van der Waals surface area contributed by atoms with Crippen molar-refractivity contribution < 1.29 is 18.8 Å². The van der Waals surface area contributed by atoms with Crippen LogP contribution in [0.1, 0.15) is 63.7 Å². The van der Waals surface area contributed by atoms with Crippen molar-refractivity contribution in [3.63, 3.8) is 0 Å². The molecule has 2 aliphatic rings. The van der Waals surface area contributed by atoms with Gasteiger partial charge >= 0.3 is 0 Å². The van der Waals surface area contributed by atoms with Gasteiger partial charge in [-0.15, -0.1) is 0 Å². The summed E-state index contributed by atoms with van der Waals surface area (Å²) < 4.78 is 6.97. The van der Waals surface area contributed by atoms with E-state index in [1.165, 1.54) is 6.39 Å². The first-order valence-electron chi connectivity index (χ1n) is 11.1. The van der Waals surface area contributed by atoms with Crippen molar-refractivity contribution in [2.45, 2.75) is 51.5 Å². The first-order chi connectivity index (χ1) is 15.4. The Kier molecular flexibility index (Phi) is 6.29. The second kappa shape index (κ2) is 9.13. The maximum Gasteiger partial charge on any atom is 0.276 e. The fraction of sp³-hybridized carbons (Fsp3) is 0.591. The molecule has 0 fully saturated rings. The molecule has 3 amide bonds. The van der Waals surface area contributed by atoms with E-state index in [0.29, 0.717) is 56.8 Å². The Morgan fingerprint density at radius 3 is 2.72 bits per heavy atom. The molecule has 0 radical (unpaired) electrons. The van der Waals surface area contributed by atoms with Crippen molar-refractivity contribution in [1.29, 1.82) is 0 Å². The quantitative estimate of drug-likeness (QED) is 0.707. The first-order valence-corrected chi connectivity index (χ1v) is 11.1. The molecule has 1 aliphatic carbocycles. The van der Waals surface area contributed by atoms with Crippen LogP contribution in [0.3, 0.4) is 0 Å². The number of carbonyl (C=O) groups is 3. The minimum Gasteiger partial charge on any atom is -0.448 e. The largest absolute Gasteiger partial charge is 0.448 e. The topological polar surface area (TPSA) is 114 Å². The third kappa shape index (κ3) is 4.26. The van der Waals surface area contributed by atoms with E-state index in [1.54, 1.807) is 21.4 Å². The molecule has 4 rings (SSSR count). The molecule has 0 saturated carbocycles. The highest BCUT2D eigenvalue weighted by Gasteiger charge is 2.32. The zero-order chi connectivity index (χ0) is 22.8. The second-order valence-corrected chi connectivity index (χ2v) is 8.56. The Labute approximate surface area is 186 Å². The van der Waals surface area contributed by atoms with Gasteiger partial charge in [-0.3, -0.25) is 19.1 Å². The fourth-order valence-corrected chi connectivity index (χ4v) is 4.62. The standard InChI is InChI=1S/C22H30N6O4/c1-14-19(24-13-32-14)22(31)28-10-4-6-18(29)26(2)15-7-8-17-16(12-15)20(25-27(17)3)21(30)23-9-5-11-28/h13,15H,4-12H2,1-3H3,(H,23,30). The van der Waals surface area contributed by atoms with Gasteiger partial charge in [-0.2, -0.15) is 5.10 Å². The molecule has 1 atom stereocenters. The molecule has 0 spiro atoms. The molecule has 1 unspecified atom stereocenters. The van der Waals surface area contributed by atoms with Gasteiger partial charge in [0.15, 0.2) is 17.8 Å². The molecule has 10 nitrogen and oxygen atoms in total. The molecule has 2 aromatic heterocycles. The molecule has 0 aromatic carbocycles. The van der Waals surface area contributed by atoms with Gasteiger partial charge in [-0.05, 0) is 39.0 Å². The molecule has 0 saturated heterocycles. The third-order valence-electron chi connectivity index (χ3n) is 6.53. The summed E-state index contributed by atoms with van der Waals surface area (Å²) in [5.41, 5.74) is 2.73. The van der Waals surface area contributed by atoms with E-state index in [4.69, 9.17) is 4.42 Å². The average molecular weight is 443 g/mol. The third-order valence-corrected chi connectivity index (χ3v) is 6.53. The lowest BCUT2D eigenvalue weighted by Gasteiger charge is -2.32. The fourth-order valence-electron chi connectivity index (χ4n) is 4.62. The lowest BCUT2D eigenvalue weighted by molar-refractivity contribution is -0.132. The molecule has 172 valence electrons. The maximum absolute atomic E-state index is 13.0. The molecule has 1 N–H and O–H groups in total. The van der Waals surface area contributed by atoms with Crippen LogP contribution in [0.5, 0.6) is 0 Å². The van der Waals surface area contributed by atoms with Crippen molar-refractivity contribution in [3.8, 4) is 0 Å². The number of amides is 3. The van der Waals surface area contributed by atoms with Crippen LogP contribution in [-0.4, -0.2) is 75.0 Å². The minimum absolute atomic E-state index is 0.0337. The lowest BCUT2D eigenvalue weighted by Crippen LogP contribution is -2.41. The Morgan fingerprint density at radius 2 is 1.97 bits per heavy atom. The number of fused-ring (bicyclic) bond motifs is 1. The Morgan fingerprint density at radius 1 is 1.19 bits per heavy atom. The normalized spacial score (nSPS) is 20.5. The lowest BCUT2D eigenvalue weighted by atomic mass is 9.90. The number of nitrogens with one attached hydrogen (secondary N) is 1. The number of hydrogen-bond acceptors (Lipinski definition) is 6. The predicted octanol–water partition coefficient (Wildman–Crippen LogP) is 1.09. The van der Waals surface area contributed by atoms with E-state index in [1.807, 2.05) is 14.1 Å². The van der Waals surface area contributed by atoms with Gasteiger partial charge in [0.2, 0.25) is 5.91 Å². The Hall–Kier alpha value is -3.17. The van der Waals surface area contributed by atoms with E-state index in [-0.39, 0.29) is 29.5 Å². The van der Waals surface area contributed by atoms with Crippen LogP contribution in [0, 0.1) is 6.92 Å². The number of nitrogens with zero attached hydrogens (tertiary/aromatic N) is 5. The summed E-state index contributed by atoms with van der Waals surface area (Å²) in [5, 5.41) is 7.41. The first kappa shape index (κ1) is 22.0. The van der Waals surface area contributed by atoms with Crippen LogP contribution < -0.4 is 5.32 Å². The number of aromatic nitrogens is 3. The van der Waals surface area contributed by atoms with E-state index in [0.717, 1.165) is 24.1 Å². The zero-order valence-corrected chi connectivity index (χ0v) is 18.9. The minimum atomic E-state index is -0.222. The maximum atomic E-state index is 13.0. The summed E-state index contributed by atoms with van der Waals surface area (Å²) in [6, 6.07) is 0.0337. The molecular formula is C22H30N6O4. The summed E-state index contributed by atoms with van der Waals surface area (Å²) >= 11 is 0. The summed E-state index contributed by atoms with van der Waals surface area (Å²) in [6.07, 6.45) is 5.02. The number of carbonyl (C=O) groups excluding carboxylic acids is 3. The second-order valence-electron chi connectivity index (χ2n) is 8.56. The average Bonchev–Trinajstić information content (AvgIpc) is 3.36. The monoisotopic (exact) mass is 442 g/mol. The van der Waals surface area contributed by atoms with Gasteiger partial charge < -0.3 is 19.5 Å². The highest BCUT2D eigenvalue weighted by molar-refractivity contribution is 5.94. The van der Waals surface area contributed by atoms with E-state index < -0.39 is 0 Å². The van der Waals surface area contributed by atoms with Crippen LogP contribution in [-0.2, 0) is 24.7 Å². The molecule has 32 heavy (non-hydrogen) atoms. The summed E-state index contributed by atoms with van der Waals surface area (Å²) in [4.78, 5) is 46.2. The van der Waals surface area contributed by atoms with Crippen LogP contribution in [0.25, 0.3) is 0 Å². The van der Waals surface area contributed by atoms with E-state index in [2.05, 4.69) is 15.4 Å². The van der Waals surface area contributed by atoms with Crippen LogP contribution in [0.4, 0.5) is 0 Å². The van der Waals surface area contributed by atoms with Crippen molar-refractivity contribution in [1.82, 2.24) is 29.9 Å². The van der Waals surface area contributed by atoms with Gasteiger partial charge in [-0.25, -0.2) is 4.98 Å². The molecule has 10 heteroatoms. The predicted molar refractivity (Wildman–Crippen MR) is 115 cm³/mol. The molecule has 3 heterocycles. The number of likely N-dealkylation sites (N-methyl/N-ethyl adjacent to an activating group) is 1. The van der Waals surface area contributed by atoms with E-state index >= 15 is 0 Å². The van der Waals surface area contributed by atoms with E-state index in [9.17, 15) is 14.4 Å². The zero-order valence-electron chi connectivity index (χ0n) is 18.9. The number of oxazole rings is 1. The molecular weight excluding hydrogens is 412 g/mol. The van der Waals surface area contributed by atoms with Gasteiger partial charge in [0.25, 0.3) is 11.8 Å². The molecule has 1 aliphatic heterocycles. The van der Waals surface area contributed by atoms with Crippen molar-refractivity contribution >= 4 is 17.7 Å². The SMILES string of the molecule is Cc1ocnc1C(=O)N1CCCNC(=O)c2nn(C)c3c2CC(CC3)N(C)C(=O)CCC1. The Bertz CT molecular complexity index is 1030. The molecule has 2 aromatic rings. The highest BCUT2D eigenvalue weighted by Crippen LogP contribution is 2.27. The van der Waals surface area contributed by atoms with Gasteiger partial charge in [0, 0.05) is 57.4 Å². The van der Waals surface area contributed by atoms with Crippen molar-refractivity contribution in [2.75, 3.05) is 26.7 Å². The molecule has 2 bridgehead atoms. The van der Waals surface area contributed by atoms with Gasteiger partial charge in [0.05, 0.1) is 0 Å². The van der Waals surface area contributed by atoms with Gasteiger partial charge in [-0.1, -0.05) is 0 Å². The summed E-state index contributed by atoms with van der Waals surface area (Å²) in [7, 11) is 3.69. The smallest absolute Gasteiger partial charge is 0.276 e. The number of hydrogen-bond donors (Lipinski definition) is 1.